The molecule has 0 N–H and O–H groups in total. The lowest BCUT2D eigenvalue weighted by Gasteiger charge is -2.09. The van der Waals surface area contributed by atoms with Gasteiger partial charge in [-0.3, -0.25) is 0 Å². The predicted molar refractivity (Wildman–Crippen MR) is 51.8 cm³/mol. The van der Waals surface area contributed by atoms with Gasteiger partial charge in [0, 0.05) is 11.9 Å². The van der Waals surface area contributed by atoms with Crippen LogP contribution in [0.4, 0.5) is 4.39 Å². The average molecular weight is 190 g/mol. The maximum absolute atomic E-state index is 13.0. The highest BCUT2D eigenvalue weighted by Crippen LogP contribution is 2.22. The normalized spacial score (nSPS) is 15.8. The maximum atomic E-state index is 13.0. The fourth-order valence-corrected chi connectivity index (χ4v) is 2.17. The summed E-state index contributed by atoms with van der Waals surface area (Å²) in [5.74, 6) is -0.191. The highest BCUT2D eigenvalue weighted by molar-refractivity contribution is 5.44. The summed E-state index contributed by atoms with van der Waals surface area (Å²) in [6.45, 7) is 0. The van der Waals surface area contributed by atoms with E-state index in [2.05, 4.69) is 4.98 Å². The number of rotatable bonds is 0. The molecule has 0 radical (unpaired) electrons. The third-order valence-electron chi connectivity index (χ3n) is 2.84. The molecule has 3 rings (SSSR count). The SMILES string of the molecule is Fc1ccc2nc3c(n2c1)CCCC3. The van der Waals surface area contributed by atoms with E-state index in [9.17, 15) is 4.39 Å². The first kappa shape index (κ1) is 7.97. The van der Waals surface area contributed by atoms with E-state index in [1.165, 1.54) is 30.8 Å². The van der Waals surface area contributed by atoms with Gasteiger partial charge in [0.15, 0.2) is 0 Å². The molecule has 0 spiro atoms. The summed E-state index contributed by atoms with van der Waals surface area (Å²) in [7, 11) is 0. The number of aryl methyl sites for hydroxylation is 2. The van der Waals surface area contributed by atoms with Gasteiger partial charge in [-0.25, -0.2) is 9.37 Å². The van der Waals surface area contributed by atoms with E-state index in [0.29, 0.717) is 0 Å². The Hall–Kier alpha value is -1.38. The highest BCUT2D eigenvalue weighted by Gasteiger charge is 2.15. The highest BCUT2D eigenvalue weighted by atomic mass is 19.1. The van der Waals surface area contributed by atoms with Crippen LogP contribution in [0, 0.1) is 5.82 Å². The fraction of sp³-hybridized carbons (Fsp3) is 0.364. The largest absolute Gasteiger partial charge is 0.301 e. The monoisotopic (exact) mass is 190 g/mol. The molecule has 0 bridgehead atoms. The lowest BCUT2D eigenvalue weighted by molar-refractivity contribution is 0.613. The summed E-state index contributed by atoms with van der Waals surface area (Å²) < 4.78 is 14.9. The third kappa shape index (κ3) is 1.05. The maximum Gasteiger partial charge on any atom is 0.139 e. The third-order valence-corrected chi connectivity index (χ3v) is 2.84. The van der Waals surface area contributed by atoms with Gasteiger partial charge in [-0.15, -0.1) is 0 Å². The molecule has 2 nitrogen and oxygen atoms in total. The second-order valence-corrected chi connectivity index (χ2v) is 3.79. The quantitative estimate of drug-likeness (QED) is 0.623. The fourth-order valence-electron chi connectivity index (χ4n) is 2.17. The van der Waals surface area contributed by atoms with Crippen molar-refractivity contribution in [3.05, 3.63) is 35.5 Å². The van der Waals surface area contributed by atoms with Crippen LogP contribution in [0.2, 0.25) is 0 Å². The Morgan fingerprint density at radius 3 is 3.00 bits per heavy atom. The zero-order valence-corrected chi connectivity index (χ0v) is 7.83. The molecule has 1 aliphatic carbocycles. The molecule has 2 aromatic rings. The molecular formula is C11H11FN2. The molecule has 3 heteroatoms. The van der Waals surface area contributed by atoms with Crippen molar-refractivity contribution in [2.75, 3.05) is 0 Å². The molecule has 0 atom stereocenters. The molecule has 0 aromatic carbocycles. The molecule has 0 fully saturated rings. The average Bonchev–Trinajstić information content (AvgIpc) is 2.56. The van der Waals surface area contributed by atoms with Crippen LogP contribution in [0.5, 0.6) is 0 Å². The number of aromatic nitrogens is 2. The molecule has 1 aliphatic rings. The number of nitrogens with zero attached hydrogens (tertiary/aromatic N) is 2. The van der Waals surface area contributed by atoms with Crippen LogP contribution in [0.3, 0.4) is 0 Å². The lowest BCUT2D eigenvalue weighted by Crippen LogP contribution is -2.03. The van der Waals surface area contributed by atoms with E-state index in [4.69, 9.17) is 0 Å². The lowest BCUT2D eigenvalue weighted by atomic mass is 10.0. The van der Waals surface area contributed by atoms with Gasteiger partial charge in [-0.2, -0.15) is 0 Å². The van der Waals surface area contributed by atoms with Crippen LogP contribution in [0.1, 0.15) is 24.2 Å². The first-order chi connectivity index (χ1) is 6.84. The smallest absolute Gasteiger partial charge is 0.139 e. The van der Waals surface area contributed by atoms with Gasteiger partial charge in [0.05, 0.1) is 5.69 Å². The van der Waals surface area contributed by atoms with Crippen LogP contribution >= 0.6 is 0 Å². The van der Waals surface area contributed by atoms with Gasteiger partial charge >= 0.3 is 0 Å². The first-order valence-corrected chi connectivity index (χ1v) is 5.00. The van der Waals surface area contributed by atoms with Crippen molar-refractivity contribution in [3.8, 4) is 0 Å². The molecular weight excluding hydrogens is 179 g/mol. The van der Waals surface area contributed by atoms with Gasteiger partial charge < -0.3 is 4.40 Å². The Bertz CT molecular complexity index is 487. The Balaban J connectivity index is 2.32. The summed E-state index contributed by atoms with van der Waals surface area (Å²) in [6, 6.07) is 3.21. The van der Waals surface area contributed by atoms with Crippen LogP contribution in [0.25, 0.3) is 5.65 Å². The standard InChI is InChI=1S/C11H11FN2/c12-8-5-6-11-13-9-3-1-2-4-10(9)14(11)7-8/h5-7H,1-4H2. The van der Waals surface area contributed by atoms with E-state index in [1.54, 1.807) is 6.07 Å². The molecule has 2 heterocycles. The molecule has 0 aliphatic heterocycles. The predicted octanol–water partition coefficient (Wildman–Crippen LogP) is 2.35. The molecule has 0 saturated heterocycles. The van der Waals surface area contributed by atoms with E-state index in [1.807, 2.05) is 4.40 Å². The number of pyridine rings is 1. The number of halogens is 1. The zero-order chi connectivity index (χ0) is 9.54. The second kappa shape index (κ2) is 2.80. The van der Waals surface area contributed by atoms with Crippen LogP contribution in [-0.2, 0) is 12.8 Å². The van der Waals surface area contributed by atoms with Gasteiger partial charge in [0.2, 0.25) is 0 Å². The Morgan fingerprint density at radius 2 is 2.07 bits per heavy atom. The van der Waals surface area contributed by atoms with Crippen molar-refractivity contribution in [3.63, 3.8) is 0 Å². The van der Waals surface area contributed by atoms with Gasteiger partial charge in [-0.1, -0.05) is 0 Å². The summed E-state index contributed by atoms with van der Waals surface area (Å²) in [4.78, 5) is 4.49. The summed E-state index contributed by atoms with van der Waals surface area (Å²) in [5.41, 5.74) is 3.23. The number of hydrogen-bond donors (Lipinski definition) is 0. The summed E-state index contributed by atoms with van der Waals surface area (Å²) in [5, 5.41) is 0. The minimum absolute atomic E-state index is 0.191. The molecule has 14 heavy (non-hydrogen) atoms. The molecule has 0 unspecified atom stereocenters. The van der Waals surface area contributed by atoms with Crippen LogP contribution in [0.15, 0.2) is 18.3 Å². The molecule has 0 saturated carbocycles. The molecule has 72 valence electrons. The Labute approximate surface area is 81.4 Å². The van der Waals surface area contributed by atoms with E-state index < -0.39 is 0 Å². The summed E-state index contributed by atoms with van der Waals surface area (Å²) >= 11 is 0. The summed E-state index contributed by atoms with van der Waals surface area (Å²) in [6.07, 6.45) is 6.00. The Kier molecular flexibility index (Phi) is 1.60. The minimum atomic E-state index is -0.191. The van der Waals surface area contributed by atoms with Crippen molar-refractivity contribution in [1.82, 2.24) is 9.38 Å². The number of imidazole rings is 1. The van der Waals surface area contributed by atoms with Crippen molar-refractivity contribution < 1.29 is 4.39 Å². The topological polar surface area (TPSA) is 17.3 Å². The van der Waals surface area contributed by atoms with Crippen LogP contribution in [-0.4, -0.2) is 9.38 Å². The van der Waals surface area contributed by atoms with Crippen LogP contribution < -0.4 is 0 Å². The van der Waals surface area contributed by atoms with Crippen molar-refractivity contribution in [2.24, 2.45) is 0 Å². The second-order valence-electron chi connectivity index (χ2n) is 3.79. The zero-order valence-electron chi connectivity index (χ0n) is 7.83. The number of fused-ring (bicyclic) bond motifs is 3. The van der Waals surface area contributed by atoms with Gasteiger partial charge in [0.25, 0.3) is 0 Å². The van der Waals surface area contributed by atoms with Gasteiger partial charge in [0.1, 0.15) is 11.5 Å². The minimum Gasteiger partial charge on any atom is -0.301 e. The van der Waals surface area contributed by atoms with Gasteiger partial charge in [-0.05, 0) is 37.8 Å². The molecule has 2 aromatic heterocycles. The van der Waals surface area contributed by atoms with E-state index in [-0.39, 0.29) is 5.82 Å². The van der Waals surface area contributed by atoms with E-state index in [0.717, 1.165) is 24.2 Å². The molecule has 0 amide bonds. The van der Waals surface area contributed by atoms with Crippen molar-refractivity contribution in [1.29, 1.82) is 0 Å². The van der Waals surface area contributed by atoms with Crippen molar-refractivity contribution in [2.45, 2.75) is 25.7 Å². The Morgan fingerprint density at radius 1 is 1.21 bits per heavy atom. The van der Waals surface area contributed by atoms with Crippen molar-refractivity contribution >= 4 is 5.65 Å². The van der Waals surface area contributed by atoms with E-state index >= 15 is 0 Å². The number of hydrogen-bond acceptors (Lipinski definition) is 1. The first-order valence-electron chi connectivity index (χ1n) is 5.00.